The molecule has 1 saturated heterocycles. The molecular weight excluding hydrogens is 260 g/mol. The zero-order valence-corrected chi connectivity index (χ0v) is 11.6. The van der Waals surface area contributed by atoms with Crippen LogP contribution in [-0.4, -0.2) is 13.1 Å². The molecule has 3 heterocycles. The predicted octanol–water partition coefficient (Wildman–Crippen LogP) is 4.30. The lowest BCUT2D eigenvalue weighted by atomic mass is 10.2. The smallest absolute Gasteiger partial charge is 0.0921 e. The van der Waals surface area contributed by atoms with Crippen LogP contribution >= 0.6 is 22.7 Å². The van der Waals surface area contributed by atoms with Gasteiger partial charge in [0.25, 0.3) is 0 Å². The van der Waals surface area contributed by atoms with E-state index in [0.717, 1.165) is 5.00 Å². The van der Waals surface area contributed by atoms with Gasteiger partial charge >= 0.3 is 0 Å². The van der Waals surface area contributed by atoms with Crippen molar-refractivity contribution >= 4 is 52.8 Å². The Bertz CT molecular complexity index is 720. The molecule has 0 saturated carbocycles. The van der Waals surface area contributed by atoms with Crippen LogP contribution in [0.5, 0.6) is 0 Å². The molecule has 1 aromatic carbocycles. The van der Waals surface area contributed by atoms with Gasteiger partial charge in [-0.3, -0.25) is 0 Å². The molecule has 0 radical (unpaired) electrons. The fourth-order valence-corrected chi connectivity index (χ4v) is 4.98. The maximum absolute atomic E-state index is 5.92. The van der Waals surface area contributed by atoms with Gasteiger partial charge in [0.05, 0.1) is 19.4 Å². The van der Waals surface area contributed by atoms with Crippen LogP contribution in [0.25, 0.3) is 20.2 Å². The van der Waals surface area contributed by atoms with Crippen LogP contribution in [0.15, 0.2) is 24.3 Å². The van der Waals surface area contributed by atoms with Crippen molar-refractivity contribution in [2.45, 2.75) is 12.8 Å². The first kappa shape index (κ1) is 10.6. The third kappa shape index (κ3) is 1.52. The number of nitrogens with zero attached hydrogens (tertiary/aromatic N) is 1. The van der Waals surface area contributed by atoms with Crippen LogP contribution in [0.3, 0.4) is 0 Å². The second-order valence-corrected chi connectivity index (χ2v) is 6.94. The molecule has 1 aliphatic rings. The first-order valence-electron chi connectivity index (χ1n) is 6.28. The van der Waals surface area contributed by atoms with Crippen LogP contribution in [0.1, 0.15) is 12.8 Å². The topological polar surface area (TPSA) is 29.3 Å². The number of benzene rings is 1. The van der Waals surface area contributed by atoms with E-state index < -0.39 is 0 Å². The number of fused-ring (bicyclic) bond motifs is 3. The summed E-state index contributed by atoms with van der Waals surface area (Å²) < 4.78 is 2.75. The lowest BCUT2D eigenvalue weighted by molar-refractivity contribution is 0.949. The van der Waals surface area contributed by atoms with Gasteiger partial charge in [0, 0.05) is 13.1 Å². The first-order chi connectivity index (χ1) is 8.81. The van der Waals surface area contributed by atoms with Gasteiger partial charge in [0.1, 0.15) is 0 Å². The predicted molar refractivity (Wildman–Crippen MR) is 83.1 cm³/mol. The summed E-state index contributed by atoms with van der Waals surface area (Å²) in [5.41, 5.74) is 5.92. The summed E-state index contributed by atoms with van der Waals surface area (Å²) in [6.07, 6.45) is 2.66. The minimum atomic E-state index is 0.911. The molecule has 1 aliphatic heterocycles. The van der Waals surface area contributed by atoms with Crippen LogP contribution in [0, 0.1) is 0 Å². The van der Waals surface area contributed by atoms with Gasteiger partial charge in [-0.15, -0.1) is 22.7 Å². The standard InChI is InChI=1S/C14H14N2S2/c15-11-7-9-3-4-10-8-12(16-5-1-2-6-16)18-14(10)13(9)17-11/h3-4,7-8H,1-2,5-6,15H2. The molecule has 2 aromatic heterocycles. The molecule has 4 rings (SSSR count). The fraction of sp³-hybridized carbons (Fsp3) is 0.286. The molecule has 0 bridgehead atoms. The van der Waals surface area contributed by atoms with E-state index in [2.05, 4.69) is 29.2 Å². The van der Waals surface area contributed by atoms with Gasteiger partial charge in [-0.1, -0.05) is 12.1 Å². The maximum atomic E-state index is 5.92. The number of hydrogen-bond donors (Lipinski definition) is 1. The molecular formula is C14H14N2S2. The van der Waals surface area contributed by atoms with Gasteiger partial charge in [0.15, 0.2) is 0 Å². The third-order valence-electron chi connectivity index (χ3n) is 3.59. The highest BCUT2D eigenvalue weighted by molar-refractivity contribution is 7.30. The van der Waals surface area contributed by atoms with Crippen molar-refractivity contribution in [2.24, 2.45) is 0 Å². The summed E-state index contributed by atoms with van der Waals surface area (Å²) in [6, 6.07) is 8.82. The largest absolute Gasteiger partial charge is 0.391 e. The summed E-state index contributed by atoms with van der Waals surface area (Å²) in [6.45, 7) is 2.42. The number of rotatable bonds is 1. The van der Waals surface area contributed by atoms with E-state index in [9.17, 15) is 0 Å². The Morgan fingerprint density at radius 1 is 0.944 bits per heavy atom. The number of nitrogens with two attached hydrogens (primary N) is 1. The van der Waals surface area contributed by atoms with Crippen molar-refractivity contribution in [3.05, 3.63) is 24.3 Å². The maximum Gasteiger partial charge on any atom is 0.0921 e. The Morgan fingerprint density at radius 3 is 2.39 bits per heavy atom. The molecule has 92 valence electrons. The van der Waals surface area contributed by atoms with E-state index in [1.165, 1.54) is 51.1 Å². The Hall–Kier alpha value is -1.26. The molecule has 0 unspecified atom stereocenters. The van der Waals surface area contributed by atoms with Crippen LogP contribution in [-0.2, 0) is 0 Å². The Balaban J connectivity index is 1.95. The van der Waals surface area contributed by atoms with E-state index in [1.807, 2.05) is 11.3 Å². The third-order valence-corrected chi connectivity index (χ3v) is 5.95. The molecule has 0 atom stereocenters. The van der Waals surface area contributed by atoms with Crippen LogP contribution < -0.4 is 10.6 Å². The van der Waals surface area contributed by atoms with Crippen molar-refractivity contribution in [3.8, 4) is 0 Å². The van der Waals surface area contributed by atoms with Crippen molar-refractivity contribution in [1.82, 2.24) is 0 Å². The highest BCUT2D eigenvalue weighted by atomic mass is 32.1. The van der Waals surface area contributed by atoms with Crippen LogP contribution in [0.2, 0.25) is 0 Å². The Labute approximate surface area is 114 Å². The van der Waals surface area contributed by atoms with Crippen molar-refractivity contribution < 1.29 is 0 Å². The Morgan fingerprint density at radius 2 is 1.61 bits per heavy atom. The number of anilines is 2. The average Bonchev–Trinajstić information content (AvgIpc) is 3.05. The molecule has 1 fully saturated rings. The first-order valence-corrected chi connectivity index (χ1v) is 7.91. The highest BCUT2D eigenvalue weighted by Crippen LogP contribution is 2.41. The average molecular weight is 274 g/mol. The van der Waals surface area contributed by atoms with Gasteiger partial charge < -0.3 is 10.6 Å². The van der Waals surface area contributed by atoms with E-state index in [1.54, 1.807) is 11.3 Å². The van der Waals surface area contributed by atoms with Gasteiger partial charge in [-0.2, -0.15) is 0 Å². The lowest BCUT2D eigenvalue weighted by Gasteiger charge is -2.13. The molecule has 2 nitrogen and oxygen atoms in total. The van der Waals surface area contributed by atoms with Crippen molar-refractivity contribution in [1.29, 1.82) is 0 Å². The zero-order valence-electron chi connectivity index (χ0n) is 9.98. The summed E-state index contributed by atoms with van der Waals surface area (Å²) in [5, 5.41) is 4.96. The van der Waals surface area contributed by atoms with Crippen molar-refractivity contribution in [3.63, 3.8) is 0 Å². The fourth-order valence-electron chi connectivity index (χ4n) is 2.69. The molecule has 4 heteroatoms. The summed E-state index contributed by atoms with van der Waals surface area (Å²) in [4.78, 5) is 2.51. The second kappa shape index (κ2) is 3.87. The number of hydrogen-bond acceptors (Lipinski definition) is 4. The zero-order chi connectivity index (χ0) is 12.1. The highest BCUT2D eigenvalue weighted by Gasteiger charge is 2.16. The molecule has 18 heavy (non-hydrogen) atoms. The number of thiophene rings is 2. The summed E-state index contributed by atoms with van der Waals surface area (Å²) >= 11 is 3.63. The molecule has 0 spiro atoms. The van der Waals surface area contributed by atoms with Gasteiger partial charge in [-0.25, -0.2) is 0 Å². The number of nitrogen functional groups attached to an aromatic ring is 1. The minimum absolute atomic E-state index is 0.911. The molecule has 3 aromatic rings. The van der Waals surface area contributed by atoms with Gasteiger partial charge in [0.2, 0.25) is 0 Å². The van der Waals surface area contributed by atoms with E-state index >= 15 is 0 Å². The van der Waals surface area contributed by atoms with E-state index in [0.29, 0.717) is 0 Å². The SMILES string of the molecule is Nc1cc2ccc3cc(N4CCCC4)sc3c2s1. The molecule has 0 amide bonds. The minimum Gasteiger partial charge on any atom is -0.391 e. The second-order valence-electron chi connectivity index (χ2n) is 4.83. The quantitative estimate of drug-likeness (QED) is 0.717. The normalized spacial score (nSPS) is 16.1. The lowest BCUT2D eigenvalue weighted by Crippen LogP contribution is -2.15. The van der Waals surface area contributed by atoms with E-state index in [-0.39, 0.29) is 0 Å². The molecule has 0 aliphatic carbocycles. The monoisotopic (exact) mass is 274 g/mol. The van der Waals surface area contributed by atoms with Crippen molar-refractivity contribution in [2.75, 3.05) is 23.7 Å². The molecule has 2 N–H and O–H groups in total. The van der Waals surface area contributed by atoms with E-state index in [4.69, 9.17) is 5.73 Å². The summed E-state index contributed by atoms with van der Waals surface area (Å²) in [5.74, 6) is 0. The summed E-state index contributed by atoms with van der Waals surface area (Å²) in [7, 11) is 0. The van der Waals surface area contributed by atoms with Gasteiger partial charge in [-0.05, 0) is 35.7 Å². The van der Waals surface area contributed by atoms with Crippen LogP contribution in [0.4, 0.5) is 10.0 Å². The Kier molecular flexibility index (Phi) is 2.29.